The number of likely N-dealkylation sites (tertiary alicyclic amines) is 1. The summed E-state index contributed by atoms with van der Waals surface area (Å²) in [7, 11) is 2.16. The second-order valence-corrected chi connectivity index (χ2v) is 8.89. The Morgan fingerprint density at radius 1 is 1.05 bits per heavy atom. The summed E-state index contributed by atoms with van der Waals surface area (Å²) in [5.74, 6) is 0.906. The van der Waals surface area contributed by atoms with Gasteiger partial charge in [-0.3, -0.25) is 4.90 Å². The third kappa shape index (κ3) is 3.39. The van der Waals surface area contributed by atoms with Crippen molar-refractivity contribution in [3.8, 4) is 0 Å². The zero-order valence-corrected chi connectivity index (χ0v) is 14.6. The Balaban J connectivity index is 1.99. The van der Waals surface area contributed by atoms with E-state index in [0.29, 0.717) is 16.9 Å². The van der Waals surface area contributed by atoms with Crippen LogP contribution in [0.4, 0.5) is 0 Å². The smallest absolute Gasteiger partial charge is 0.0271 e. The molecule has 1 saturated heterocycles. The van der Waals surface area contributed by atoms with Crippen LogP contribution >= 0.6 is 0 Å². The molecule has 1 saturated carbocycles. The van der Waals surface area contributed by atoms with E-state index in [9.17, 15) is 0 Å². The first-order valence-corrected chi connectivity index (χ1v) is 8.67. The van der Waals surface area contributed by atoms with Crippen LogP contribution in [0.2, 0.25) is 0 Å². The lowest BCUT2D eigenvalue weighted by atomic mass is 9.69. The van der Waals surface area contributed by atoms with Crippen LogP contribution in [0.5, 0.6) is 0 Å². The van der Waals surface area contributed by atoms with Gasteiger partial charge in [0.1, 0.15) is 0 Å². The van der Waals surface area contributed by atoms with Gasteiger partial charge >= 0.3 is 0 Å². The average Bonchev–Trinajstić information content (AvgIpc) is 2.36. The van der Waals surface area contributed by atoms with Gasteiger partial charge in [0.05, 0.1) is 0 Å². The van der Waals surface area contributed by atoms with Crippen molar-refractivity contribution < 1.29 is 0 Å². The Morgan fingerprint density at radius 2 is 1.65 bits per heavy atom. The third-order valence-corrected chi connectivity index (χ3v) is 6.08. The summed E-state index contributed by atoms with van der Waals surface area (Å²) in [6.07, 6.45) is 6.92. The van der Waals surface area contributed by atoms with Crippen LogP contribution in [0, 0.1) is 16.7 Å². The van der Waals surface area contributed by atoms with Gasteiger partial charge in [0.2, 0.25) is 0 Å². The highest BCUT2D eigenvalue weighted by atomic mass is 15.2. The van der Waals surface area contributed by atoms with Crippen molar-refractivity contribution in [3.05, 3.63) is 0 Å². The van der Waals surface area contributed by atoms with E-state index in [4.69, 9.17) is 0 Å². The minimum atomic E-state index is 0.443. The van der Waals surface area contributed by atoms with Crippen LogP contribution in [-0.2, 0) is 0 Å². The minimum Gasteiger partial charge on any atom is -0.315 e. The van der Waals surface area contributed by atoms with Crippen LogP contribution in [-0.4, -0.2) is 37.1 Å². The molecule has 2 atom stereocenters. The van der Waals surface area contributed by atoms with E-state index in [0.717, 1.165) is 12.0 Å². The fraction of sp³-hybridized carbons (Fsp3) is 1.00. The van der Waals surface area contributed by atoms with Crippen molar-refractivity contribution in [1.82, 2.24) is 10.2 Å². The molecule has 0 bridgehead atoms. The third-order valence-electron chi connectivity index (χ3n) is 6.08. The van der Waals surface area contributed by atoms with Crippen LogP contribution in [0.3, 0.4) is 0 Å². The Hall–Kier alpha value is -0.0800. The van der Waals surface area contributed by atoms with Crippen LogP contribution in [0.15, 0.2) is 0 Å². The number of rotatable bonds is 2. The first kappa shape index (κ1) is 16.3. The van der Waals surface area contributed by atoms with Crippen molar-refractivity contribution in [3.63, 3.8) is 0 Å². The van der Waals surface area contributed by atoms with E-state index in [1.165, 1.54) is 45.2 Å². The largest absolute Gasteiger partial charge is 0.315 e. The summed E-state index contributed by atoms with van der Waals surface area (Å²) in [6, 6.07) is 1.41. The van der Waals surface area contributed by atoms with Gasteiger partial charge < -0.3 is 5.32 Å². The molecular formula is C18H36N2. The molecule has 0 aromatic carbocycles. The molecule has 2 aliphatic rings. The van der Waals surface area contributed by atoms with Crippen molar-refractivity contribution in [2.45, 2.75) is 78.8 Å². The summed E-state index contributed by atoms with van der Waals surface area (Å²) in [6.45, 7) is 14.7. The maximum Gasteiger partial charge on any atom is 0.0271 e. The first-order chi connectivity index (χ1) is 9.25. The summed E-state index contributed by atoms with van der Waals surface area (Å²) in [5.41, 5.74) is 0.929. The Labute approximate surface area is 126 Å². The number of piperidine rings is 1. The maximum absolute atomic E-state index is 3.64. The van der Waals surface area contributed by atoms with E-state index in [1.54, 1.807) is 0 Å². The van der Waals surface area contributed by atoms with Crippen LogP contribution < -0.4 is 5.32 Å². The number of hydrogen-bond acceptors (Lipinski definition) is 2. The molecule has 0 spiro atoms. The molecule has 1 aliphatic carbocycles. The van der Waals surface area contributed by atoms with Crippen LogP contribution in [0.25, 0.3) is 0 Å². The van der Waals surface area contributed by atoms with Gasteiger partial charge in [0.25, 0.3) is 0 Å². The van der Waals surface area contributed by atoms with Gasteiger partial charge in [-0.15, -0.1) is 0 Å². The standard InChI is InChI=1S/C18H36N2/c1-17(2,3)14-9-12-20(13-10-14)15-8-7-11-18(4,5)16(15)19-6/h14-16,19H,7-13H2,1-6H3. The van der Waals surface area contributed by atoms with Gasteiger partial charge in [-0.25, -0.2) is 0 Å². The van der Waals surface area contributed by atoms with Crippen molar-refractivity contribution in [1.29, 1.82) is 0 Å². The van der Waals surface area contributed by atoms with E-state index < -0.39 is 0 Å². The van der Waals surface area contributed by atoms with E-state index >= 15 is 0 Å². The van der Waals surface area contributed by atoms with Gasteiger partial charge in [0, 0.05) is 12.1 Å². The molecule has 1 aliphatic heterocycles. The highest BCUT2D eigenvalue weighted by Gasteiger charge is 2.42. The predicted molar refractivity (Wildman–Crippen MR) is 88.0 cm³/mol. The molecule has 0 amide bonds. The minimum absolute atomic E-state index is 0.443. The molecule has 2 fully saturated rings. The zero-order valence-electron chi connectivity index (χ0n) is 14.6. The van der Waals surface area contributed by atoms with Crippen LogP contribution in [0.1, 0.15) is 66.7 Å². The molecule has 0 aromatic rings. The van der Waals surface area contributed by atoms with Gasteiger partial charge in [0.15, 0.2) is 0 Å². The van der Waals surface area contributed by atoms with E-state index in [1.807, 2.05) is 0 Å². The topological polar surface area (TPSA) is 15.3 Å². The van der Waals surface area contributed by atoms with E-state index in [-0.39, 0.29) is 0 Å². The predicted octanol–water partition coefficient (Wildman–Crippen LogP) is 3.91. The monoisotopic (exact) mass is 280 g/mol. The quantitative estimate of drug-likeness (QED) is 0.825. The summed E-state index contributed by atoms with van der Waals surface area (Å²) < 4.78 is 0. The lowest BCUT2D eigenvalue weighted by molar-refractivity contribution is 0.0169. The van der Waals surface area contributed by atoms with Crippen molar-refractivity contribution in [2.24, 2.45) is 16.7 Å². The molecule has 0 aromatic heterocycles. The average molecular weight is 280 g/mol. The van der Waals surface area contributed by atoms with Crippen molar-refractivity contribution >= 4 is 0 Å². The number of nitrogens with zero attached hydrogens (tertiary/aromatic N) is 1. The fourth-order valence-corrected chi connectivity index (χ4v) is 4.68. The summed E-state index contributed by atoms with van der Waals surface area (Å²) in [5, 5.41) is 3.64. The molecule has 2 rings (SSSR count). The molecule has 2 unspecified atom stereocenters. The molecule has 118 valence electrons. The number of nitrogens with one attached hydrogen (secondary N) is 1. The summed E-state index contributed by atoms with van der Waals surface area (Å²) >= 11 is 0. The Kier molecular flexibility index (Phi) is 4.86. The Bertz CT molecular complexity index is 308. The van der Waals surface area contributed by atoms with E-state index in [2.05, 4.69) is 51.9 Å². The molecule has 2 heteroatoms. The lowest BCUT2D eigenvalue weighted by Gasteiger charge is -2.50. The van der Waals surface area contributed by atoms with Gasteiger partial charge in [-0.2, -0.15) is 0 Å². The van der Waals surface area contributed by atoms with Gasteiger partial charge in [-0.05, 0) is 62.6 Å². The number of hydrogen-bond donors (Lipinski definition) is 1. The lowest BCUT2D eigenvalue weighted by Crippen LogP contribution is -2.59. The molecule has 2 nitrogen and oxygen atoms in total. The molecule has 0 radical (unpaired) electrons. The number of likely N-dealkylation sites (N-methyl/N-ethyl adjacent to an activating group) is 1. The maximum atomic E-state index is 3.64. The summed E-state index contributed by atoms with van der Waals surface area (Å²) in [4.78, 5) is 2.80. The first-order valence-electron chi connectivity index (χ1n) is 8.67. The normalized spacial score (nSPS) is 33.3. The molecule has 1 N–H and O–H groups in total. The second-order valence-electron chi connectivity index (χ2n) is 8.89. The van der Waals surface area contributed by atoms with Crippen molar-refractivity contribution in [2.75, 3.05) is 20.1 Å². The molecule has 20 heavy (non-hydrogen) atoms. The highest BCUT2D eigenvalue weighted by Crippen LogP contribution is 2.40. The molecular weight excluding hydrogens is 244 g/mol. The Morgan fingerprint density at radius 3 is 2.15 bits per heavy atom. The van der Waals surface area contributed by atoms with Gasteiger partial charge in [-0.1, -0.05) is 41.0 Å². The zero-order chi connectivity index (χ0) is 15.0. The second kappa shape index (κ2) is 5.96. The highest BCUT2D eigenvalue weighted by molar-refractivity contribution is 4.98. The SMILES string of the molecule is CNC1C(N2CCC(C(C)(C)C)CC2)CCCC1(C)C. The fourth-order valence-electron chi connectivity index (χ4n) is 4.68. The molecule has 1 heterocycles.